The maximum absolute atomic E-state index is 13.5. The predicted octanol–water partition coefficient (Wildman–Crippen LogP) is 3.20. The molecule has 0 amide bonds. The number of halogens is 1. The molecule has 5 nitrogen and oxygen atoms in total. The molecule has 2 aromatic rings. The summed E-state index contributed by atoms with van der Waals surface area (Å²) in [5.41, 5.74) is 4.31. The Morgan fingerprint density at radius 3 is 2.40 bits per heavy atom. The number of aliphatic carboxylic acids is 1. The third-order valence-corrected chi connectivity index (χ3v) is 4.90. The second-order valence-electron chi connectivity index (χ2n) is 7.66. The van der Waals surface area contributed by atoms with Gasteiger partial charge in [-0.25, -0.2) is 4.39 Å². The van der Waals surface area contributed by atoms with Gasteiger partial charge in [0.2, 0.25) is 0 Å². The molecule has 0 aliphatic rings. The number of benzene rings is 2. The monoisotopic (exact) mass is 415 g/mol. The van der Waals surface area contributed by atoms with Crippen molar-refractivity contribution in [2.45, 2.75) is 51.7 Å². The molecule has 30 heavy (non-hydrogen) atoms. The minimum Gasteiger partial charge on any atom is -0.550 e. The van der Waals surface area contributed by atoms with Crippen molar-refractivity contribution in [3.8, 4) is 16.9 Å². The van der Waals surface area contributed by atoms with Crippen molar-refractivity contribution in [1.82, 2.24) is 0 Å². The summed E-state index contributed by atoms with van der Waals surface area (Å²) < 4.78 is 19.1. The van der Waals surface area contributed by atoms with Crippen LogP contribution >= 0.6 is 0 Å². The fourth-order valence-corrected chi connectivity index (χ4v) is 3.50. The Kier molecular flexibility index (Phi) is 8.15. The standard InChI is InChI=1S/C24H29FO5/c1-14(2)21-11-15(3)24(30-4)23(16-5-7-17(25)8-6-16)20(21)10-9-18(26)12-19(27)13-22(28)29/h5-11,14,18-19,26-27H,12-13H2,1-4H3,(H,28,29)/p-1/b10-9+. The lowest BCUT2D eigenvalue weighted by molar-refractivity contribution is -0.307. The summed E-state index contributed by atoms with van der Waals surface area (Å²) >= 11 is 0. The van der Waals surface area contributed by atoms with Crippen LogP contribution in [-0.4, -0.2) is 35.5 Å². The average Bonchev–Trinajstić information content (AvgIpc) is 2.66. The van der Waals surface area contributed by atoms with Gasteiger partial charge >= 0.3 is 0 Å². The van der Waals surface area contributed by atoms with Crippen molar-refractivity contribution in [2.75, 3.05) is 7.11 Å². The second kappa shape index (κ2) is 10.4. The van der Waals surface area contributed by atoms with Crippen LogP contribution in [0, 0.1) is 12.7 Å². The van der Waals surface area contributed by atoms with Crippen LogP contribution in [0.3, 0.4) is 0 Å². The van der Waals surface area contributed by atoms with Crippen molar-refractivity contribution in [3.05, 3.63) is 58.9 Å². The topological polar surface area (TPSA) is 89.8 Å². The van der Waals surface area contributed by atoms with Crippen LogP contribution in [0.15, 0.2) is 36.4 Å². The third kappa shape index (κ3) is 5.90. The number of ether oxygens (including phenoxy) is 1. The molecule has 2 unspecified atom stereocenters. The Morgan fingerprint density at radius 1 is 1.23 bits per heavy atom. The van der Waals surface area contributed by atoms with Gasteiger partial charge < -0.3 is 24.9 Å². The van der Waals surface area contributed by atoms with Crippen LogP contribution in [0.25, 0.3) is 17.2 Å². The quantitative estimate of drug-likeness (QED) is 0.657. The molecule has 0 saturated heterocycles. The van der Waals surface area contributed by atoms with Crippen LogP contribution in [0.1, 0.15) is 49.3 Å². The molecule has 2 atom stereocenters. The first kappa shape index (κ1) is 23.6. The molecular formula is C24H28FO5-. The Labute approximate surface area is 176 Å². The van der Waals surface area contributed by atoms with E-state index in [4.69, 9.17) is 4.74 Å². The summed E-state index contributed by atoms with van der Waals surface area (Å²) in [6.45, 7) is 6.04. The Balaban J connectivity index is 2.55. The highest BCUT2D eigenvalue weighted by Crippen LogP contribution is 2.41. The van der Waals surface area contributed by atoms with Crippen molar-refractivity contribution in [1.29, 1.82) is 0 Å². The van der Waals surface area contributed by atoms with Crippen LogP contribution < -0.4 is 9.84 Å². The van der Waals surface area contributed by atoms with Gasteiger partial charge in [0.25, 0.3) is 0 Å². The number of rotatable bonds is 9. The van der Waals surface area contributed by atoms with E-state index < -0.39 is 24.6 Å². The minimum absolute atomic E-state index is 0.129. The molecule has 6 heteroatoms. The van der Waals surface area contributed by atoms with Crippen molar-refractivity contribution < 1.29 is 29.2 Å². The van der Waals surface area contributed by atoms with Gasteiger partial charge in [0.15, 0.2) is 0 Å². The first-order valence-corrected chi connectivity index (χ1v) is 9.85. The highest BCUT2D eigenvalue weighted by molar-refractivity contribution is 5.84. The van der Waals surface area contributed by atoms with Gasteiger partial charge in [-0.05, 0) is 47.2 Å². The van der Waals surface area contributed by atoms with Crippen molar-refractivity contribution in [3.63, 3.8) is 0 Å². The lowest BCUT2D eigenvalue weighted by Gasteiger charge is -2.21. The largest absolute Gasteiger partial charge is 0.550 e. The number of methoxy groups -OCH3 is 1. The number of aliphatic hydroxyl groups is 2. The molecule has 0 aliphatic heterocycles. The third-order valence-electron chi connectivity index (χ3n) is 4.90. The molecule has 0 fully saturated rings. The van der Waals surface area contributed by atoms with E-state index >= 15 is 0 Å². The van der Waals surface area contributed by atoms with Gasteiger partial charge in [-0.3, -0.25) is 0 Å². The van der Waals surface area contributed by atoms with E-state index in [0.717, 1.165) is 27.8 Å². The number of carboxylic acids is 1. The van der Waals surface area contributed by atoms with E-state index in [2.05, 4.69) is 0 Å². The van der Waals surface area contributed by atoms with Crippen LogP contribution in [0.5, 0.6) is 5.75 Å². The molecule has 0 bridgehead atoms. The van der Waals surface area contributed by atoms with E-state index in [1.165, 1.54) is 18.2 Å². The van der Waals surface area contributed by atoms with E-state index in [0.29, 0.717) is 5.75 Å². The SMILES string of the molecule is COc1c(C)cc(C(C)C)c(/C=C/C(O)CC(O)CC(=O)[O-])c1-c1ccc(F)cc1. The normalized spacial score (nSPS) is 13.6. The van der Waals surface area contributed by atoms with E-state index in [1.54, 1.807) is 25.3 Å². The number of aliphatic hydroxyl groups excluding tert-OH is 2. The molecule has 0 saturated carbocycles. The number of hydrogen-bond acceptors (Lipinski definition) is 5. The van der Waals surface area contributed by atoms with E-state index in [9.17, 15) is 24.5 Å². The fraction of sp³-hybridized carbons (Fsp3) is 0.375. The van der Waals surface area contributed by atoms with Crippen LogP contribution in [-0.2, 0) is 4.79 Å². The lowest BCUT2D eigenvalue weighted by Crippen LogP contribution is -2.29. The molecular weight excluding hydrogens is 387 g/mol. The van der Waals surface area contributed by atoms with Gasteiger partial charge in [0.1, 0.15) is 11.6 Å². The first-order chi connectivity index (χ1) is 14.1. The smallest absolute Gasteiger partial charge is 0.130 e. The zero-order valence-corrected chi connectivity index (χ0v) is 17.7. The summed E-state index contributed by atoms with van der Waals surface area (Å²) in [5.74, 6) is -0.905. The summed E-state index contributed by atoms with van der Waals surface area (Å²) in [5, 5.41) is 30.6. The summed E-state index contributed by atoms with van der Waals surface area (Å²) in [6, 6.07) is 8.13. The molecule has 0 heterocycles. The van der Waals surface area contributed by atoms with Gasteiger partial charge in [0.05, 0.1) is 19.3 Å². The van der Waals surface area contributed by atoms with Crippen molar-refractivity contribution in [2.24, 2.45) is 0 Å². The predicted molar refractivity (Wildman–Crippen MR) is 113 cm³/mol. The maximum Gasteiger partial charge on any atom is 0.130 e. The number of aryl methyl sites for hydroxylation is 1. The molecule has 2 N–H and O–H groups in total. The van der Waals surface area contributed by atoms with Crippen LogP contribution in [0.2, 0.25) is 0 Å². The second-order valence-corrected chi connectivity index (χ2v) is 7.66. The fourth-order valence-electron chi connectivity index (χ4n) is 3.50. The number of carboxylic acid groups (broad SMARTS) is 1. The zero-order valence-electron chi connectivity index (χ0n) is 17.7. The van der Waals surface area contributed by atoms with Gasteiger partial charge in [-0.2, -0.15) is 0 Å². The minimum atomic E-state index is -1.37. The Morgan fingerprint density at radius 2 is 1.87 bits per heavy atom. The number of hydrogen-bond donors (Lipinski definition) is 2. The molecule has 2 rings (SSSR count). The van der Waals surface area contributed by atoms with E-state index in [1.807, 2.05) is 26.8 Å². The van der Waals surface area contributed by atoms with Crippen LogP contribution in [0.4, 0.5) is 4.39 Å². The summed E-state index contributed by atoms with van der Waals surface area (Å²) in [6.07, 6.45) is 0.335. The van der Waals surface area contributed by atoms with Gasteiger partial charge in [-0.1, -0.05) is 44.2 Å². The highest BCUT2D eigenvalue weighted by Gasteiger charge is 2.19. The number of carbonyl (C=O) groups is 1. The van der Waals surface area contributed by atoms with Crippen molar-refractivity contribution >= 4 is 12.0 Å². The van der Waals surface area contributed by atoms with Gasteiger partial charge in [0, 0.05) is 24.4 Å². The van der Waals surface area contributed by atoms with E-state index in [-0.39, 0.29) is 18.2 Å². The summed E-state index contributed by atoms with van der Waals surface area (Å²) in [7, 11) is 1.57. The molecule has 0 spiro atoms. The lowest BCUT2D eigenvalue weighted by atomic mass is 9.87. The Hall–Kier alpha value is -2.70. The Bertz CT molecular complexity index is 903. The highest BCUT2D eigenvalue weighted by atomic mass is 19.1. The zero-order chi connectivity index (χ0) is 22.4. The molecule has 0 aliphatic carbocycles. The molecule has 0 aromatic heterocycles. The first-order valence-electron chi connectivity index (χ1n) is 9.85. The molecule has 162 valence electrons. The number of carbonyl (C=O) groups excluding carboxylic acids is 1. The van der Waals surface area contributed by atoms with Gasteiger partial charge in [-0.15, -0.1) is 0 Å². The average molecular weight is 415 g/mol. The molecule has 2 aromatic carbocycles. The maximum atomic E-state index is 13.5. The molecule has 0 radical (unpaired) electrons. The summed E-state index contributed by atoms with van der Waals surface area (Å²) in [4.78, 5) is 10.6.